The number of imidazole rings is 1. The third-order valence-corrected chi connectivity index (χ3v) is 2.59. The Balaban J connectivity index is 2.22. The lowest BCUT2D eigenvalue weighted by Gasteiger charge is -2.01. The molecule has 0 atom stereocenters. The molecule has 0 aliphatic heterocycles. The van der Waals surface area contributed by atoms with Crippen LogP contribution in [-0.2, 0) is 18.3 Å². The second-order valence-corrected chi connectivity index (χ2v) is 3.98. The van der Waals surface area contributed by atoms with Crippen molar-refractivity contribution in [1.82, 2.24) is 9.55 Å². The van der Waals surface area contributed by atoms with Crippen LogP contribution in [0.25, 0.3) is 0 Å². The molecule has 1 heterocycles. The summed E-state index contributed by atoms with van der Waals surface area (Å²) in [6, 6.07) is 0. The van der Waals surface area contributed by atoms with E-state index in [-0.39, 0.29) is 0 Å². The topological polar surface area (TPSA) is 34.9 Å². The normalized spacial score (nSPS) is 10.5. The Hall–Kier alpha value is -1.12. The van der Waals surface area contributed by atoms with Crippen LogP contribution >= 0.6 is 0 Å². The number of ketones is 1. The first kappa shape index (κ1) is 12.0. The highest BCUT2D eigenvalue weighted by atomic mass is 16.1. The number of rotatable bonds is 7. The van der Waals surface area contributed by atoms with Crippen LogP contribution < -0.4 is 0 Å². The van der Waals surface area contributed by atoms with E-state index in [1.54, 1.807) is 6.20 Å². The number of nitrogens with zero attached hydrogens (tertiary/aromatic N) is 2. The van der Waals surface area contributed by atoms with Gasteiger partial charge in [0.1, 0.15) is 11.6 Å². The quantitative estimate of drug-likeness (QED) is 0.645. The number of Topliss-reactive ketones (excluding diaryl/α,β-unsaturated/α-hetero) is 1. The molecular formula is C12H20N2O. The predicted molar refractivity (Wildman–Crippen MR) is 60.7 cm³/mol. The average molecular weight is 208 g/mol. The highest BCUT2D eigenvalue weighted by Gasteiger charge is 2.06. The molecule has 0 bridgehead atoms. The van der Waals surface area contributed by atoms with Crippen LogP contribution in [0.4, 0.5) is 0 Å². The van der Waals surface area contributed by atoms with Crippen LogP contribution in [0, 0.1) is 0 Å². The molecule has 1 rings (SSSR count). The van der Waals surface area contributed by atoms with Gasteiger partial charge in [0.2, 0.25) is 0 Å². The molecule has 0 aliphatic carbocycles. The summed E-state index contributed by atoms with van der Waals surface area (Å²) < 4.78 is 1.91. The molecule has 0 amide bonds. The number of hydrogen-bond acceptors (Lipinski definition) is 2. The molecule has 0 unspecified atom stereocenters. The van der Waals surface area contributed by atoms with Gasteiger partial charge >= 0.3 is 0 Å². The molecule has 1 aromatic rings. The summed E-state index contributed by atoms with van der Waals surface area (Å²) in [5, 5.41) is 0. The van der Waals surface area contributed by atoms with Crippen molar-refractivity contribution in [3.05, 3.63) is 18.2 Å². The first-order valence-corrected chi connectivity index (χ1v) is 5.72. The summed E-state index contributed by atoms with van der Waals surface area (Å²) in [6.45, 7) is 2.18. The molecular weight excluding hydrogens is 188 g/mol. The van der Waals surface area contributed by atoms with Crippen molar-refractivity contribution in [2.24, 2.45) is 7.05 Å². The molecule has 0 saturated carbocycles. The fourth-order valence-electron chi connectivity index (χ4n) is 1.58. The third kappa shape index (κ3) is 4.28. The van der Waals surface area contributed by atoms with Gasteiger partial charge < -0.3 is 4.57 Å². The van der Waals surface area contributed by atoms with Gasteiger partial charge in [-0.05, 0) is 6.42 Å². The molecule has 0 saturated heterocycles. The van der Waals surface area contributed by atoms with Crippen LogP contribution in [0.3, 0.4) is 0 Å². The highest BCUT2D eigenvalue weighted by Crippen LogP contribution is 2.05. The maximum Gasteiger partial charge on any atom is 0.140 e. The lowest BCUT2D eigenvalue weighted by molar-refractivity contribution is -0.118. The van der Waals surface area contributed by atoms with Gasteiger partial charge in [-0.2, -0.15) is 0 Å². The minimum atomic E-state index is 0.306. The van der Waals surface area contributed by atoms with Crippen LogP contribution in [0.1, 0.15) is 44.9 Å². The van der Waals surface area contributed by atoms with E-state index in [9.17, 15) is 4.79 Å². The number of aryl methyl sites for hydroxylation is 1. The summed E-state index contributed by atoms with van der Waals surface area (Å²) in [6.07, 6.45) is 9.44. The standard InChI is InChI=1S/C12H20N2O/c1-3-4-5-6-7-11(15)10-12-13-8-9-14(12)2/h8-9H,3-7,10H2,1-2H3. The molecule has 0 fully saturated rings. The largest absolute Gasteiger partial charge is 0.338 e. The highest BCUT2D eigenvalue weighted by molar-refractivity contribution is 5.80. The van der Waals surface area contributed by atoms with Crippen LogP contribution in [-0.4, -0.2) is 15.3 Å². The molecule has 3 nitrogen and oxygen atoms in total. The van der Waals surface area contributed by atoms with Crippen LogP contribution in [0.2, 0.25) is 0 Å². The van der Waals surface area contributed by atoms with E-state index >= 15 is 0 Å². The number of aromatic nitrogens is 2. The minimum Gasteiger partial charge on any atom is -0.338 e. The number of carbonyl (C=O) groups excluding carboxylic acids is 1. The number of hydrogen-bond donors (Lipinski definition) is 0. The van der Waals surface area contributed by atoms with Crippen molar-refractivity contribution in [1.29, 1.82) is 0 Å². The van der Waals surface area contributed by atoms with E-state index in [0.29, 0.717) is 18.6 Å². The van der Waals surface area contributed by atoms with E-state index < -0.39 is 0 Å². The van der Waals surface area contributed by atoms with Gasteiger partial charge in [-0.15, -0.1) is 0 Å². The zero-order valence-electron chi connectivity index (χ0n) is 9.70. The summed E-state index contributed by atoms with van der Waals surface area (Å²) in [4.78, 5) is 15.7. The van der Waals surface area contributed by atoms with Gasteiger partial charge in [-0.1, -0.05) is 26.2 Å². The van der Waals surface area contributed by atoms with E-state index in [0.717, 1.165) is 12.2 Å². The Labute approximate surface area is 91.5 Å². The third-order valence-electron chi connectivity index (χ3n) is 2.59. The Bertz CT molecular complexity index is 304. The van der Waals surface area contributed by atoms with Gasteiger partial charge in [0, 0.05) is 25.9 Å². The zero-order valence-corrected chi connectivity index (χ0v) is 9.70. The van der Waals surface area contributed by atoms with Crippen molar-refractivity contribution in [3.63, 3.8) is 0 Å². The Morgan fingerprint density at radius 2 is 2.20 bits per heavy atom. The van der Waals surface area contributed by atoms with Crippen molar-refractivity contribution in [2.75, 3.05) is 0 Å². The van der Waals surface area contributed by atoms with E-state index in [4.69, 9.17) is 0 Å². The average Bonchev–Trinajstić information content (AvgIpc) is 2.59. The number of unbranched alkanes of at least 4 members (excludes halogenated alkanes) is 3. The van der Waals surface area contributed by atoms with Crippen LogP contribution in [0.5, 0.6) is 0 Å². The summed E-state index contributed by atoms with van der Waals surface area (Å²) >= 11 is 0. The lowest BCUT2D eigenvalue weighted by Crippen LogP contribution is -2.07. The fraction of sp³-hybridized carbons (Fsp3) is 0.667. The Kier molecular flexibility index (Phi) is 5.08. The van der Waals surface area contributed by atoms with Gasteiger partial charge in [0.05, 0.1) is 6.42 Å². The van der Waals surface area contributed by atoms with Crippen molar-refractivity contribution < 1.29 is 4.79 Å². The van der Waals surface area contributed by atoms with E-state index in [1.165, 1.54) is 19.3 Å². The summed E-state index contributed by atoms with van der Waals surface area (Å²) in [5.41, 5.74) is 0. The maximum absolute atomic E-state index is 11.6. The molecule has 15 heavy (non-hydrogen) atoms. The van der Waals surface area contributed by atoms with Gasteiger partial charge in [-0.25, -0.2) is 4.98 Å². The van der Waals surface area contributed by atoms with E-state index in [2.05, 4.69) is 11.9 Å². The number of carbonyl (C=O) groups is 1. The molecule has 0 aromatic carbocycles. The lowest BCUT2D eigenvalue weighted by atomic mass is 10.1. The second-order valence-electron chi connectivity index (χ2n) is 3.98. The Morgan fingerprint density at radius 1 is 1.40 bits per heavy atom. The van der Waals surface area contributed by atoms with Crippen molar-refractivity contribution in [2.45, 2.75) is 45.4 Å². The molecule has 0 spiro atoms. The van der Waals surface area contributed by atoms with E-state index in [1.807, 2.05) is 17.8 Å². The molecule has 1 aromatic heterocycles. The predicted octanol–water partition coefficient (Wildman–Crippen LogP) is 2.50. The summed E-state index contributed by atoms with van der Waals surface area (Å²) in [5.74, 6) is 1.18. The summed E-state index contributed by atoms with van der Waals surface area (Å²) in [7, 11) is 1.92. The molecule has 3 heteroatoms. The smallest absolute Gasteiger partial charge is 0.140 e. The SMILES string of the molecule is CCCCCCC(=O)Cc1nccn1C. The molecule has 84 valence electrons. The van der Waals surface area contributed by atoms with Crippen molar-refractivity contribution in [3.8, 4) is 0 Å². The second kappa shape index (κ2) is 6.38. The van der Waals surface area contributed by atoms with Gasteiger partial charge in [-0.3, -0.25) is 4.79 Å². The monoisotopic (exact) mass is 208 g/mol. The minimum absolute atomic E-state index is 0.306. The first-order valence-electron chi connectivity index (χ1n) is 5.72. The maximum atomic E-state index is 11.6. The fourth-order valence-corrected chi connectivity index (χ4v) is 1.58. The van der Waals surface area contributed by atoms with Crippen molar-refractivity contribution >= 4 is 5.78 Å². The van der Waals surface area contributed by atoms with Gasteiger partial charge in [0.25, 0.3) is 0 Å². The Morgan fingerprint density at radius 3 is 2.80 bits per heavy atom. The van der Waals surface area contributed by atoms with Crippen LogP contribution in [0.15, 0.2) is 12.4 Å². The zero-order chi connectivity index (χ0) is 11.1. The molecule has 0 radical (unpaired) electrons. The first-order chi connectivity index (χ1) is 7.24. The van der Waals surface area contributed by atoms with Gasteiger partial charge in [0.15, 0.2) is 0 Å². The molecule has 0 aliphatic rings. The molecule has 0 N–H and O–H groups in total.